The highest BCUT2D eigenvalue weighted by atomic mass is 16.5. The Kier molecular flexibility index (Phi) is 3.17. The average Bonchev–Trinajstić information content (AvgIpc) is 2.75. The second-order valence-electron chi connectivity index (χ2n) is 4.23. The van der Waals surface area contributed by atoms with Gasteiger partial charge in [0.1, 0.15) is 0 Å². The number of carbonyl (C=O) groups is 2. The number of rotatable bonds is 3. The molecular weight excluding hydrogens is 196 g/mol. The Labute approximate surface area is 89.2 Å². The van der Waals surface area contributed by atoms with E-state index >= 15 is 0 Å². The number of allylic oxidation sites excluding steroid dienone is 1. The van der Waals surface area contributed by atoms with Crippen molar-refractivity contribution < 1.29 is 19.1 Å². The molecule has 84 valence electrons. The molecule has 1 aliphatic carbocycles. The van der Waals surface area contributed by atoms with Gasteiger partial charge >= 0.3 is 11.9 Å². The molecule has 0 unspecified atom stereocenters. The van der Waals surface area contributed by atoms with Gasteiger partial charge in [-0.05, 0) is 11.3 Å². The summed E-state index contributed by atoms with van der Waals surface area (Å²) in [7, 11) is 2.69. The number of methoxy groups -OCH3 is 2. The Hall–Kier alpha value is -1.32. The predicted molar refractivity (Wildman–Crippen MR) is 53.9 cm³/mol. The molecule has 0 saturated heterocycles. The molecule has 4 heteroatoms. The van der Waals surface area contributed by atoms with E-state index in [1.807, 2.05) is 13.8 Å². The van der Waals surface area contributed by atoms with E-state index in [-0.39, 0.29) is 23.2 Å². The lowest BCUT2D eigenvalue weighted by Gasteiger charge is -1.98. The maximum atomic E-state index is 11.3. The zero-order chi connectivity index (χ0) is 11.6. The average molecular weight is 212 g/mol. The molecule has 0 heterocycles. The summed E-state index contributed by atoms with van der Waals surface area (Å²) in [5.74, 6) is -0.715. The van der Waals surface area contributed by atoms with Gasteiger partial charge < -0.3 is 9.47 Å². The second-order valence-corrected chi connectivity index (χ2v) is 4.23. The van der Waals surface area contributed by atoms with Gasteiger partial charge in [0.15, 0.2) is 0 Å². The zero-order valence-electron chi connectivity index (χ0n) is 9.44. The summed E-state index contributed by atoms with van der Waals surface area (Å²) in [5.41, 5.74) is -0.127. The van der Waals surface area contributed by atoms with E-state index < -0.39 is 5.97 Å². The number of ether oxygens (including phenoxy) is 2. The maximum absolute atomic E-state index is 11.3. The van der Waals surface area contributed by atoms with Crippen LogP contribution < -0.4 is 0 Å². The van der Waals surface area contributed by atoms with Crippen LogP contribution in [0, 0.1) is 17.3 Å². The maximum Gasteiger partial charge on any atom is 0.330 e. The standard InChI is InChI=1S/C11H16O4/c1-11(2)7(5-6-8(12)14-3)9(11)10(13)15-4/h5-7,9H,1-4H3/t7-,9-/m0/s1. The van der Waals surface area contributed by atoms with Crippen molar-refractivity contribution in [2.24, 2.45) is 17.3 Å². The Balaban J connectivity index is 2.63. The molecular formula is C11H16O4. The molecule has 1 saturated carbocycles. The summed E-state index contributed by atoms with van der Waals surface area (Å²) in [6, 6.07) is 0. The smallest absolute Gasteiger partial charge is 0.330 e. The van der Waals surface area contributed by atoms with Crippen LogP contribution in [0.4, 0.5) is 0 Å². The van der Waals surface area contributed by atoms with Crippen LogP contribution in [0.5, 0.6) is 0 Å². The van der Waals surface area contributed by atoms with E-state index in [0.29, 0.717) is 0 Å². The summed E-state index contributed by atoms with van der Waals surface area (Å²) in [6.07, 6.45) is 3.07. The summed E-state index contributed by atoms with van der Waals surface area (Å²) >= 11 is 0. The second kappa shape index (κ2) is 4.04. The molecule has 0 amide bonds. The SMILES string of the molecule is COC(=O)C=C[C@H]1[C@@H](C(=O)OC)C1(C)C. The molecule has 1 rings (SSSR count). The van der Waals surface area contributed by atoms with Crippen LogP contribution >= 0.6 is 0 Å². The molecule has 0 N–H and O–H groups in total. The van der Waals surface area contributed by atoms with Crippen molar-refractivity contribution in [3.63, 3.8) is 0 Å². The van der Waals surface area contributed by atoms with Crippen LogP contribution in [0.15, 0.2) is 12.2 Å². The molecule has 0 spiro atoms. The summed E-state index contributed by atoms with van der Waals surface area (Å²) in [4.78, 5) is 22.2. The summed E-state index contributed by atoms with van der Waals surface area (Å²) < 4.78 is 9.16. The lowest BCUT2D eigenvalue weighted by Crippen LogP contribution is -2.07. The minimum atomic E-state index is -0.402. The minimum Gasteiger partial charge on any atom is -0.469 e. The third-order valence-electron chi connectivity index (χ3n) is 3.01. The van der Waals surface area contributed by atoms with Gasteiger partial charge in [-0.3, -0.25) is 4.79 Å². The fourth-order valence-corrected chi connectivity index (χ4v) is 1.86. The molecule has 0 aromatic carbocycles. The van der Waals surface area contributed by atoms with E-state index in [2.05, 4.69) is 9.47 Å². The van der Waals surface area contributed by atoms with Crippen LogP contribution in [0.1, 0.15) is 13.8 Å². The van der Waals surface area contributed by atoms with Gasteiger partial charge in [-0.25, -0.2) is 4.79 Å². The largest absolute Gasteiger partial charge is 0.469 e. The fraction of sp³-hybridized carbons (Fsp3) is 0.636. The Bertz CT molecular complexity index is 304. The van der Waals surface area contributed by atoms with Crippen molar-refractivity contribution in [3.05, 3.63) is 12.2 Å². The zero-order valence-corrected chi connectivity index (χ0v) is 9.44. The molecule has 0 aliphatic heterocycles. The van der Waals surface area contributed by atoms with Crippen LogP contribution in [0.2, 0.25) is 0 Å². The molecule has 0 radical (unpaired) electrons. The highest BCUT2D eigenvalue weighted by molar-refractivity contribution is 5.83. The first kappa shape index (κ1) is 11.8. The van der Waals surface area contributed by atoms with Gasteiger partial charge in [0.2, 0.25) is 0 Å². The molecule has 0 aromatic rings. The normalized spacial score (nSPS) is 27.5. The van der Waals surface area contributed by atoms with E-state index in [1.165, 1.54) is 20.3 Å². The van der Waals surface area contributed by atoms with Gasteiger partial charge in [0.05, 0.1) is 20.1 Å². The van der Waals surface area contributed by atoms with Crippen molar-refractivity contribution in [2.45, 2.75) is 13.8 Å². The van der Waals surface area contributed by atoms with Crippen molar-refractivity contribution in [2.75, 3.05) is 14.2 Å². The lowest BCUT2D eigenvalue weighted by molar-refractivity contribution is -0.143. The first-order valence-electron chi connectivity index (χ1n) is 4.79. The van der Waals surface area contributed by atoms with Gasteiger partial charge in [0.25, 0.3) is 0 Å². The van der Waals surface area contributed by atoms with E-state index in [4.69, 9.17) is 0 Å². The summed E-state index contributed by atoms with van der Waals surface area (Å²) in [6.45, 7) is 3.95. The van der Waals surface area contributed by atoms with Gasteiger partial charge in [0, 0.05) is 6.08 Å². The number of carbonyl (C=O) groups excluding carboxylic acids is 2. The van der Waals surface area contributed by atoms with Gasteiger partial charge in [-0.15, -0.1) is 0 Å². The fourth-order valence-electron chi connectivity index (χ4n) is 1.86. The third-order valence-corrected chi connectivity index (χ3v) is 3.01. The molecule has 0 bridgehead atoms. The third kappa shape index (κ3) is 2.19. The van der Waals surface area contributed by atoms with Crippen molar-refractivity contribution >= 4 is 11.9 Å². The molecule has 0 aromatic heterocycles. The first-order valence-corrected chi connectivity index (χ1v) is 4.79. The van der Waals surface area contributed by atoms with Crippen molar-refractivity contribution in [1.82, 2.24) is 0 Å². The predicted octanol–water partition coefficient (Wildman–Crippen LogP) is 1.16. The van der Waals surface area contributed by atoms with Crippen LogP contribution in [0.25, 0.3) is 0 Å². The van der Waals surface area contributed by atoms with Crippen LogP contribution in [-0.2, 0) is 19.1 Å². The molecule has 2 atom stereocenters. The molecule has 1 fully saturated rings. The van der Waals surface area contributed by atoms with E-state index in [9.17, 15) is 9.59 Å². The molecule has 1 aliphatic rings. The Morgan fingerprint density at radius 3 is 2.27 bits per heavy atom. The van der Waals surface area contributed by atoms with Crippen molar-refractivity contribution in [3.8, 4) is 0 Å². The van der Waals surface area contributed by atoms with Gasteiger partial charge in [-0.1, -0.05) is 19.9 Å². The van der Waals surface area contributed by atoms with E-state index in [1.54, 1.807) is 6.08 Å². The lowest BCUT2D eigenvalue weighted by atomic mass is 10.1. The number of hydrogen-bond donors (Lipinski definition) is 0. The van der Waals surface area contributed by atoms with Crippen LogP contribution in [0.3, 0.4) is 0 Å². The Morgan fingerprint density at radius 1 is 1.20 bits per heavy atom. The number of esters is 2. The highest BCUT2D eigenvalue weighted by Gasteiger charge is 2.61. The highest BCUT2D eigenvalue weighted by Crippen LogP contribution is 2.59. The minimum absolute atomic E-state index is 0.0593. The molecule has 4 nitrogen and oxygen atoms in total. The Morgan fingerprint density at radius 2 is 1.80 bits per heavy atom. The monoisotopic (exact) mass is 212 g/mol. The number of hydrogen-bond acceptors (Lipinski definition) is 4. The first-order chi connectivity index (χ1) is 6.95. The van der Waals surface area contributed by atoms with Crippen molar-refractivity contribution in [1.29, 1.82) is 0 Å². The summed E-state index contributed by atoms with van der Waals surface area (Å²) in [5, 5.41) is 0. The van der Waals surface area contributed by atoms with Crippen LogP contribution in [-0.4, -0.2) is 26.2 Å². The van der Waals surface area contributed by atoms with E-state index in [0.717, 1.165) is 0 Å². The molecule has 15 heavy (non-hydrogen) atoms. The van der Waals surface area contributed by atoms with Gasteiger partial charge in [-0.2, -0.15) is 0 Å². The quantitative estimate of drug-likeness (QED) is 0.520. The topological polar surface area (TPSA) is 52.6 Å².